The number of hydrogen-bond donors (Lipinski definition) is 0. The molecule has 5 nitrogen and oxygen atoms in total. The van der Waals surface area contributed by atoms with Crippen molar-refractivity contribution in [1.82, 2.24) is 4.31 Å². The number of nitrogens with zero attached hydrogens (tertiary/aromatic N) is 1. The van der Waals surface area contributed by atoms with Gasteiger partial charge in [0.25, 0.3) is 0 Å². The highest BCUT2D eigenvalue weighted by molar-refractivity contribution is 7.91. The first-order chi connectivity index (χ1) is 9.12. The monoisotopic (exact) mass is 317 g/mol. The molecule has 1 aliphatic heterocycles. The van der Waals surface area contributed by atoms with Gasteiger partial charge >= 0.3 is 0 Å². The van der Waals surface area contributed by atoms with Crippen molar-refractivity contribution in [3.8, 4) is 0 Å². The molecule has 1 atom stereocenters. The fourth-order valence-electron chi connectivity index (χ4n) is 2.39. The molecule has 0 aliphatic carbocycles. The van der Waals surface area contributed by atoms with E-state index >= 15 is 0 Å². The third kappa shape index (κ3) is 2.89. The summed E-state index contributed by atoms with van der Waals surface area (Å²) in [6, 6.07) is 5.27. The largest absolute Gasteiger partial charge is 0.243 e. The zero-order valence-electron chi connectivity index (χ0n) is 11.8. The van der Waals surface area contributed by atoms with Gasteiger partial charge in [0, 0.05) is 19.3 Å². The second kappa shape index (κ2) is 5.13. The molecule has 1 unspecified atom stereocenters. The Morgan fingerprint density at radius 2 is 1.80 bits per heavy atom. The number of aryl methyl sites for hydroxylation is 2. The van der Waals surface area contributed by atoms with E-state index in [1.807, 2.05) is 13.0 Å². The van der Waals surface area contributed by atoms with Gasteiger partial charge in [-0.15, -0.1) is 0 Å². The molecule has 112 valence electrons. The topological polar surface area (TPSA) is 71.5 Å². The summed E-state index contributed by atoms with van der Waals surface area (Å²) in [4.78, 5) is 0.270. The molecule has 1 aromatic carbocycles. The molecule has 1 aliphatic rings. The van der Waals surface area contributed by atoms with Crippen LogP contribution in [0.3, 0.4) is 0 Å². The van der Waals surface area contributed by atoms with Gasteiger partial charge in [0.05, 0.1) is 10.1 Å². The highest BCUT2D eigenvalue weighted by atomic mass is 32.2. The van der Waals surface area contributed by atoms with Crippen LogP contribution in [0.25, 0.3) is 0 Å². The minimum atomic E-state index is -3.62. The van der Waals surface area contributed by atoms with Crippen LogP contribution in [-0.4, -0.2) is 45.7 Å². The van der Waals surface area contributed by atoms with Crippen LogP contribution in [0, 0.1) is 13.8 Å². The van der Waals surface area contributed by atoms with E-state index in [9.17, 15) is 16.8 Å². The fraction of sp³-hybridized carbons (Fsp3) is 0.538. The molecule has 0 N–H and O–H groups in total. The zero-order valence-corrected chi connectivity index (χ0v) is 13.5. The number of rotatable bonds is 3. The maximum atomic E-state index is 12.6. The van der Waals surface area contributed by atoms with E-state index in [1.165, 1.54) is 4.31 Å². The first-order valence-corrected chi connectivity index (χ1v) is 9.78. The summed E-state index contributed by atoms with van der Waals surface area (Å²) < 4.78 is 49.6. The Balaban J connectivity index is 2.36. The van der Waals surface area contributed by atoms with Crippen LogP contribution in [0.5, 0.6) is 0 Å². The van der Waals surface area contributed by atoms with Crippen LogP contribution in [-0.2, 0) is 19.9 Å². The van der Waals surface area contributed by atoms with Crippen molar-refractivity contribution in [1.29, 1.82) is 0 Å². The minimum Gasteiger partial charge on any atom is -0.229 e. The lowest BCUT2D eigenvalue weighted by Gasteiger charge is -2.18. The van der Waals surface area contributed by atoms with Gasteiger partial charge in [-0.2, -0.15) is 4.31 Å². The molecule has 1 fully saturated rings. The number of benzene rings is 1. The first-order valence-electron chi connectivity index (χ1n) is 6.38. The standard InChI is InChI=1S/C13H19NO4S2/c1-10-4-5-11(2)13(8-10)20(17,18)14-7-6-12(9-14)19(3,15)16/h4-5,8,12H,6-7,9H2,1-3H3. The number of sulfone groups is 1. The highest BCUT2D eigenvalue weighted by Crippen LogP contribution is 2.26. The molecule has 0 amide bonds. The molecule has 0 saturated carbocycles. The summed E-state index contributed by atoms with van der Waals surface area (Å²) in [5.41, 5.74) is 1.55. The Labute approximate surface area is 120 Å². The lowest BCUT2D eigenvalue weighted by Crippen LogP contribution is -2.32. The molecule has 0 bridgehead atoms. The average molecular weight is 317 g/mol. The Bertz CT molecular complexity index is 723. The van der Waals surface area contributed by atoms with Gasteiger partial charge in [-0.05, 0) is 37.5 Å². The maximum absolute atomic E-state index is 12.6. The summed E-state index contributed by atoms with van der Waals surface area (Å²) in [5, 5.41) is -0.595. The van der Waals surface area contributed by atoms with Gasteiger partial charge < -0.3 is 0 Å². The van der Waals surface area contributed by atoms with Crippen LogP contribution in [0.4, 0.5) is 0 Å². The van der Waals surface area contributed by atoms with Crippen molar-refractivity contribution in [2.24, 2.45) is 0 Å². The highest BCUT2D eigenvalue weighted by Gasteiger charge is 2.37. The predicted molar refractivity (Wildman–Crippen MR) is 77.9 cm³/mol. The summed E-state index contributed by atoms with van der Waals surface area (Å²) in [5.74, 6) is 0. The summed E-state index contributed by atoms with van der Waals surface area (Å²) >= 11 is 0. The van der Waals surface area contributed by atoms with Gasteiger partial charge in [-0.1, -0.05) is 12.1 Å². The van der Waals surface area contributed by atoms with Crippen molar-refractivity contribution >= 4 is 19.9 Å². The Morgan fingerprint density at radius 3 is 2.35 bits per heavy atom. The van der Waals surface area contributed by atoms with E-state index in [0.29, 0.717) is 12.0 Å². The smallest absolute Gasteiger partial charge is 0.229 e. The van der Waals surface area contributed by atoms with Crippen LogP contribution in [0.15, 0.2) is 23.1 Å². The van der Waals surface area contributed by atoms with Crippen LogP contribution >= 0.6 is 0 Å². The van der Waals surface area contributed by atoms with E-state index < -0.39 is 25.1 Å². The number of hydrogen-bond acceptors (Lipinski definition) is 4. The van der Waals surface area contributed by atoms with E-state index in [4.69, 9.17) is 0 Å². The predicted octanol–water partition coefficient (Wildman–Crippen LogP) is 1.11. The summed E-state index contributed by atoms with van der Waals surface area (Å²) in [6.07, 6.45) is 1.52. The van der Waals surface area contributed by atoms with Crippen LogP contribution in [0.1, 0.15) is 17.5 Å². The Morgan fingerprint density at radius 1 is 1.15 bits per heavy atom. The lowest BCUT2D eigenvalue weighted by molar-refractivity contribution is 0.476. The van der Waals surface area contributed by atoms with Crippen molar-refractivity contribution in [2.45, 2.75) is 30.4 Å². The van der Waals surface area contributed by atoms with Gasteiger partial charge in [-0.3, -0.25) is 0 Å². The molecule has 1 aromatic rings. The van der Waals surface area contributed by atoms with Crippen LogP contribution < -0.4 is 0 Å². The number of sulfonamides is 1. The quantitative estimate of drug-likeness (QED) is 0.837. The van der Waals surface area contributed by atoms with Crippen molar-refractivity contribution in [2.75, 3.05) is 19.3 Å². The van der Waals surface area contributed by atoms with E-state index in [2.05, 4.69) is 0 Å². The molecule has 1 saturated heterocycles. The minimum absolute atomic E-state index is 0.0501. The van der Waals surface area contributed by atoms with E-state index in [1.54, 1.807) is 19.1 Å². The molecular weight excluding hydrogens is 298 g/mol. The summed E-state index contributed by atoms with van der Waals surface area (Å²) in [6.45, 7) is 3.89. The third-order valence-corrected chi connectivity index (χ3v) is 7.28. The fourth-order valence-corrected chi connectivity index (χ4v) is 5.28. The van der Waals surface area contributed by atoms with Gasteiger partial charge in [0.2, 0.25) is 10.0 Å². The Hall–Kier alpha value is -0.920. The third-order valence-electron chi connectivity index (χ3n) is 3.67. The molecule has 0 radical (unpaired) electrons. The molecule has 20 heavy (non-hydrogen) atoms. The molecule has 7 heteroatoms. The van der Waals surface area contributed by atoms with Gasteiger partial charge in [0.1, 0.15) is 0 Å². The SMILES string of the molecule is Cc1ccc(C)c(S(=O)(=O)N2CCC(S(C)(=O)=O)C2)c1. The van der Waals surface area contributed by atoms with Crippen molar-refractivity contribution in [3.05, 3.63) is 29.3 Å². The zero-order chi connectivity index (χ0) is 15.1. The summed E-state index contributed by atoms with van der Waals surface area (Å²) in [7, 11) is -6.82. The molecular formula is C13H19NO4S2. The van der Waals surface area contributed by atoms with Gasteiger partial charge in [0.15, 0.2) is 9.84 Å². The first kappa shape index (κ1) is 15.5. The van der Waals surface area contributed by atoms with Crippen molar-refractivity contribution < 1.29 is 16.8 Å². The normalized spacial score (nSPS) is 21.2. The molecule has 2 rings (SSSR count). The second-order valence-corrected chi connectivity index (χ2v) is 9.60. The molecule has 1 heterocycles. The maximum Gasteiger partial charge on any atom is 0.243 e. The van der Waals surface area contributed by atoms with E-state index in [-0.39, 0.29) is 18.0 Å². The second-order valence-electron chi connectivity index (χ2n) is 5.37. The molecule has 0 spiro atoms. The molecule has 0 aromatic heterocycles. The average Bonchev–Trinajstić information content (AvgIpc) is 2.82. The van der Waals surface area contributed by atoms with Crippen molar-refractivity contribution in [3.63, 3.8) is 0 Å². The van der Waals surface area contributed by atoms with Crippen LogP contribution in [0.2, 0.25) is 0 Å². The Kier molecular flexibility index (Phi) is 3.96. The van der Waals surface area contributed by atoms with Gasteiger partial charge in [-0.25, -0.2) is 16.8 Å². The van der Waals surface area contributed by atoms with E-state index in [0.717, 1.165) is 11.8 Å². The lowest BCUT2D eigenvalue weighted by atomic mass is 10.2.